The van der Waals surface area contributed by atoms with Crippen molar-refractivity contribution in [2.75, 3.05) is 38.9 Å². The minimum Gasteiger partial charge on any atom is -0.494 e. The van der Waals surface area contributed by atoms with Crippen molar-refractivity contribution in [1.82, 2.24) is 5.32 Å². The first kappa shape index (κ1) is 16.3. The Kier molecular flexibility index (Phi) is 8.71. The molecule has 0 aliphatic carbocycles. The van der Waals surface area contributed by atoms with Gasteiger partial charge in [-0.15, -0.1) is 0 Å². The van der Waals surface area contributed by atoms with Crippen LogP contribution in [0.1, 0.15) is 24.9 Å². The van der Waals surface area contributed by atoms with E-state index in [1.807, 2.05) is 37.9 Å². The molecule has 1 aromatic carbocycles. The summed E-state index contributed by atoms with van der Waals surface area (Å²) in [6.45, 7) is 3.56. The maximum atomic E-state index is 5.46. The van der Waals surface area contributed by atoms with E-state index >= 15 is 0 Å². The number of thioether (sulfide) groups is 1. The van der Waals surface area contributed by atoms with E-state index in [0.717, 1.165) is 30.3 Å². The van der Waals surface area contributed by atoms with Gasteiger partial charge in [0.05, 0.1) is 6.61 Å². The van der Waals surface area contributed by atoms with Crippen molar-refractivity contribution >= 4 is 11.8 Å². The summed E-state index contributed by atoms with van der Waals surface area (Å²) in [5.41, 5.74) is 1.31. The Hall–Kier alpha value is -0.710. The summed E-state index contributed by atoms with van der Waals surface area (Å²) in [6.07, 6.45) is 1.11. The highest BCUT2D eigenvalue weighted by atomic mass is 32.2. The summed E-state index contributed by atoms with van der Waals surface area (Å²) < 4.78 is 10.5. The predicted octanol–water partition coefficient (Wildman–Crippen LogP) is 3.12. The normalized spacial score (nSPS) is 12.4. The van der Waals surface area contributed by atoms with Crippen LogP contribution in [0.25, 0.3) is 0 Å². The highest BCUT2D eigenvalue weighted by Crippen LogP contribution is 2.21. The second-order valence-corrected chi connectivity index (χ2v) is 5.41. The standard InChI is InChI=1S/C15H25NO2S/c1-4-18-14-8-6-13(7-9-14)15(16-2)12-19-11-5-10-17-3/h6-9,15-16H,4-5,10-12H2,1-3H3. The molecule has 4 heteroatoms. The van der Waals surface area contributed by atoms with Gasteiger partial charge in [0.25, 0.3) is 0 Å². The molecule has 19 heavy (non-hydrogen) atoms. The SMILES string of the molecule is CCOc1ccc(C(CSCCCOC)NC)cc1. The highest BCUT2D eigenvalue weighted by molar-refractivity contribution is 7.99. The molecule has 0 saturated heterocycles. The third-order valence-electron chi connectivity index (χ3n) is 2.86. The highest BCUT2D eigenvalue weighted by Gasteiger charge is 2.09. The van der Waals surface area contributed by atoms with Crippen LogP contribution in [-0.2, 0) is 4.74 Å². The van der Waals surface area contributed by atoms with Gasteiger partial charge in [-0.2, -0.15) is 11.8 Å². The van der Waals surface area contributed by atoms with Crippen LogP contribution in [0.3, 0.4) is 0 Å². The van der Waals surface area contributed by atoms with Gasteiger partial charge in [0.2, 0.25) is 0 Å². The van der Waals surface area contributed by atoms with Gasteiger partial charge in [0.1, 0.15) is 5.75 Å². The van der Waals surface area contributed by atoms with Crippen LogP contribution in [0, 0.1) is 0 Å². The summed E-state index contributed by atoms with van der Waals surface area (Å²) in [4.78, 5) is 0. The maximum Gasteiger partial charge on any atom is 0.119 e. The van der Waals surface area contributed by atoms with Crippen LogP contribution in [-0.4, -0.2) is 38.9 Å². The molecule has 0 aliphatic rings. The number of benzene rings is 1. The lowest BCUT2D eigenvalue weighted by atomic mass is 10.1. The summed E-state index contributed by atoms with van der Waals surface area (Å²) in [6, 6.07) is 8.75. The number of hydrogen-bond donors (Lipinski definition) is 1. The molecule has 0 aliphatic heterocycles. The van der Waals surface area contributed by atoms with E-state index in [1.54, 1.807) is 7.11 Å². The van der Waals surface area contributed by atoms with Gasteiger partial charge in [-0.1, -0.05) is 12.1 Å². The smallest absolute Gasteiger partial charge is 0.119 e. The van der Waals surface area contributed by atoms with Crippen LogP contribution < -0.4 is 10.1 Å². The lowest BCUT2D eigenvalue weighted by molar-refractivity contribution is 0.200. The first-order chi connectivity index (χ1) is 9.31. The largest absolute Gasteiger partial charge is 0.494 e. The third kappa shape index (κ3) is 6.32. The van der Waals surface area contributed by atoms with Gasteiger partial charge < -0.3 is 14.8 Å². The van der Waals surface area contributed by atoms with Crippen LogP contribution in [0.15, 0.2) is 24.3 Å². The van der Waals surface area contributed by atoms with Gasteiger partial charge in [-0.05, 0) is 43.8 Å². The van der Waals surface area contributed by atoms with Crippen LogP contribution in [0.2, 0.25) is 0 Å². The summed E-state index contributed by atoms with van der Waals surface area (Å²) in [7, 11) is 3.76. The molecule has 1 rings (SSSR count). The number of hydrogen-bond acceptors (Lipinski definition) is 4. The van der Waals surface area contributed by atoms with E-state index in [-0.39, 0.29) is 0 Å². The van der Waals surface area contributed by atoms with E-state index < -0.39 is 0 Å². The van der Waals surface area contributed by atoms with Gasteiger partial charge in [0.15, 0.2) is 0 Å². The fraction of sp³-hybridized carbons (Fsp3) is 0.600. The Morgan fingerprint density at radius 3 is 2.58 bits per heavy atom. The Balaban J connectivity index is 2.40. The molecule has 1 aromatic rings. The van der Waals surface area contributed by atoms with Crippen molar-refractivity contribution in [2.45, 2.75) is 19.4 Å². The van der Waals surface area contributed by atoms with Gasteiger partial charge in [-0.3, -0.25) is 0 Å². The number of methoxy groups -OCH3 is 1. The first-order valence-electron chi connectivity index (χ1n) is 6.78. The fourth-order valence-electron chi connectivity index (χ4n) is 1.82. The zero-order valence-electron chi connectivity index (χ0n) is 12.1. The van der Waals surface area contributed by atoms with E-state index in [9.17, 15) is 0 Å². The molecule has 0 aromatic heterocycles. The Morgan fingerprint density at radius 2 is 2.00 bits per heavy atom. The van der Waals surface area contributed by atoms with E-state index in [0.29, 0.717) is 12.6 Å². The second kappa shape index (κ2) is 10.1. The second-order valence-electron chi connectivity index (χ2n) is 4.26. The third-order valence-corrected chi connectivity index (χ3v) is 4.01. The van der Waals surface area contributed by atoms with Crippen LogP contribution in [0.4, 0.5) is 0 Å². The predicted molar refractivity (Wildman–Crippen MR) is 83.2 cm³/mol. The zero-order valence-corrected chi connectivity index (χ0v) is 13.0. The average molecular weight is 283 g/mol. The molecule has 0 spiro atoms. The molecular weight excluding hydrogens is 258 g/mol. The maximum absolute atomic E-state index is 5.46. The molecule has 0 fully saturated rings. The molecule has 1 atom stereocenters. The fourth-order valence-corrected chi connectivity index (χ4v) is 2.90. The van der Waals surface area contributed by atoms with Crippen molar-refractivity contribution in [1.29, 1.82) is 0 Å². The topological polar surface area (TPSA) is 30.5 Å². The molecule has 0 heterocycles. The van der Waals surface area contributed by atoms with Gasteiger partial charge in [-0.25, -0.2) is 0 Å². The lowest BCUT2D eigenvalue weighted by Gasteiger charge is -2.16. The molecule has 1 unspecified atom stereocenters. The Bertz CT molecular complexity index is 329. The molecular formula is C15H25NO2S. The zero-order chi connectivity index (χ0) is 13.9. The van der Waals surface area contributed by atoms with Crippen molar-refractivity contribution in [2.24, 2.45) is 0 Å². The summed E-state index contributed by atoms with van der Waals surface area (Å²) in [5.74, 6) is 3.16. The number of ether oxygens (including phenoxy) is 2. The monoisotopic (exact) mass is 283 g/mol. The summed E-state index contributed by atoms with van der Waals surface area (Å²) in [5, 5.41) is 3.37. The first-order valence-corrected chi connectivity index (χ1v) is 7.94. The van der Waals surface area contributed by atoms with Crippen molar-refractivity contribution in [3.8, 4) is 5.75 Å². The van der Waals surface area contributed by atoms with E-state index in [4.69, 9.17) is 9.47 Å². The van der Waals surface area contributed by atoms with Crippen molar-refractivity contribution < 1.29 is 9.47 Å². The molecule has 1 N–H and O–H groups in total. The van der Waals surface area contributed by atoms with Crippen LogP contribution in [0.5, 0.6) is 5.75 Å². The minimum atomic E-state index is 0.392. The molecule has 3 nitrogen and oxygen atoms in total. The molecule has 0 bridgehead atoms. The van der Waals surface area contributed by atoms with E-state index in [2.05, 4.69) is 17.4 Å². The van der Waals surface area contributed by atoms with Gasteiger partial charge >= 0.3 is 0 Å². The number of rotatable bonds is 10. The molecule has 0 amide bonds. The summed E-state index contributed by atoms with van der Waals surface area (Å²) >= 11 is 1.96. The molecule has 0 radical (unpaired) electrons. The lowest BCUT2D eigenvalue weighted by Crippen LogP contribution is -2.19. The van der Waals surface area contributed by atoms with E-state index in [1.165, 1.54) is 5.56 Å². The molecule has 108 valence electrons. The van der Waals surface area contributed by atoms with Gasteiger partial charge in [0, 0.05) is 25.5 Å². The Labute approximate surface area is 121 Å². The number of nitrogens with one attached hydrogen (secondary N) is 1. The van der Waals surface area contributed by atoms with Crippen molar-refractivity contribution in [3.63, 3.8) is 0 Å². The van der Waals surface area contributed by atoms with Crippen LogP contribution >= 0.6 is 11.8 Å². The average Bonchev–Trinajstić information content (AvgIpc) is 2.44. The Morgan fingerprint density at radius 1 is 1.26 bits per heavy atom. The quantitative estimate of drug-likeness (QED) is 0.668. The molecule has 0 saturated carbocycles. The van der Waals surface area contributed by atoms with Crippen molar-refractivity contribution in [3.05, 3.63) is 29.8 Å². The minimum absolute atomic E-state index is 0.392.